The van der Waals surface area contributed by atoms with E-state index in [1.165, 1.54) is 35.1 Å². The fourth-order valence-electron chi connectivity index (χ4n) is 4.35. The Bertz CT molecular complexity index is 688. The molecule has 0 bridgehead atoms. The Balaban J connectivity index is 1.66. The van der Waals surface area contributed by atoms with Crippen LogP contribution in [0.15, 0.2) is 42.5 Å². The molecule has 0 aliphatic heterocycles. The maximum absolute atomic E-state index is 10.9. The molecular weight excluding hydrogens is 256 g/mol. The van der Waals surface area contributed by atoms with Gasteiger partial charge in [0.15, 0.2) is 0 Å². The van der Waals surface area contributed by atoms with Crippen molar-refractivity contribution >= 4 is 0 Å². The molecule has 0 amide bonds. The van der Waals surface area contributed by atoms with E-state index in [0.29, 0.717) is 17.8 Å². The maximum atomic E-state index is 10.9. The summed E-state index contributed by atoms with van der Waals surface area (Å²) in [5.41, 5.74) is 6.64. The highest BCUT2D eigenvalue weighted by Crippen LogP contribution is 2.64. The minimum absolute atomic E-state index is 0.314. The molecular formula is C20H22O. The van der Waals surface area contributed by atoms with Crippen LogP contribution >= 0.6 is 0 Å². The van der Waals surface area contributed by atoms with Crippen LogP contribution in [-0.2, 0) is 6.42 Å². The molecule has 1 fully saturated rings. The first kappa shape index (κ1) is 13.1. The van der Waals surface area contributed by atoms with Gasteiger partial charge in [-0.2, -0.15) is 0 Å². The first-order valence-corrected chi connectivity index (χ1v) is 8.00. The van der Waals surface area contributed by atoms with Crippen molar-refractivity contribution in [2.24, 2.45) is 11.8 Å². The molecule has 0 aromatic heterocycles. The van der Waals surface area contributed by atoms with Crippen LogP contribution in [0.3, 0.4) is 0 Å². The molecule has 4 unspecified atom stereocenters. The lowest BCUT2D eigenvalue weighted by Gasteiger charge is -2.16. The first-order chi connectivity index (χ1) is 10.2. The molecule has 0 heterocycles. The molecule has 1 N–H and O–H groups in total. The lowest BCUT2D eigenvalue weighted by molar-refractivity contribution is 0.144. The number of aliphatic hydroxyl groups is 1. The predicted octanol–water partition coefficient (Wildman–Crippen LogP) is 4.31. The quantitative estimate of drug-likeness (QED) is 0.867. The number of benzene rings is 2. The van der Waals surface area contributed by atoms with Gasteiger partial charge in [-0.05, 0) is 72.3 Å². The number of aliphatic hydroxyl groups excluding tert-OH is 1. The fourth-order valence-corrected chi connectivity index (χ4v) is 4.35. The second-order valence-electron chi connectivity index (χ2n) is 6.74. The van der Waals surface area contributed by atoms with Crippen LogP contribution in [0.1, 0.15) is 46.3 Å². The summed E-state index contributed by atoms with van der Waals surface area (Å²) >= 11 is 0. The number of hydrogen-bond donors (Lipinski definition) is 1. The summed E-state index contributed by atoms with van der Waals surface area (Å²) in [7, 11) is 0. The van der Waals surface area contributed by atoms with Crippen molar-refractivity contribution in [2.45, 2.75) is 38.7 Å². The van der Waals surface area contributed by atoms with Gasteiger partial charge in [-0.1, -0.05) is 42.5 Å². The van der Waals surface area contributed by atoms with E-state index in [9.17, 15) is 5.11 Å². The summed E-state index contributed by atoms with van der Waals surface area (Å²) in [6.07, 6.45) is 2.09. The Kier molecular flexibility index (Phi) is 2.93. The zero-order valence-electron chi connectivity index (χ0n) is 12.7. The van der Waals surface area contributed by atoms with Gasteiger partial charge in [0, 0.05) is 0 Å². The molecule has 2 aliphatic rings. The van der Waals surface area contributed by atoms with Crippen molar-refractivity contribution in [3.05, 3.63) is 70.3 Å². The van der Waals surface area contributed by atoms with Crippen LogP contribution in [0.25, 0.3) is 0 Å². The van der Waals surface area contributed by atoms with E-state index in [2.05, 4.69) is 56.3 Å². The topological polar surface area (TPSA) is 20.2 Å². The van der Waals surface area contributed by atoms with E-state index >= 15 is 0 Å². The van der Waals surface area contributed by atoms with E-state index in [1.54, 1.807) is 0 Å². The van der Waals surface area contributed by atoms with Gasteiger partial charge in [0.05, 0.1) is 6.10 Å². The molecule has 4 atom stereocenters. The summed E-state index contributed by atoms with van der Waals surface area (Å²) in [5.74, 6) is 1.66. The van der Waals surface area contributed by atoms with Gasteiger partial charge in [0.2, 0.25) is 0 Å². The Morgan fingerprint density at radius 3 is 2.71 bits per heavy atom. The average molecular weight is 278 g/mol. The molecule has 1 saturated carbocycles. The zero-order valence-corrected chi connectivity index (χ0v) is 12.7. The van der Waals surface area contributed by atoms with Crippen LogP contribution in [0.5, 0.6) is 0 Å². The normalized spacial score (nSPS) is 27.7. The predicted molar refractivity (Wildman–Crippen MR) is 85.4 cm³/mol. The van der Waals surface area contributed by atoms with E-state index in [4.69, 9.17) is 0 Å². The van der Waals surface area contributed by atoms with Crippen LogP contribution in [0.4, 0.5) is 0 Å². The molecule has 21 heavy (non-hydrogen) atoms. The zero-order chi connectivity index (χ0) is 14.6. The monoisotopic (exact) mass is 278 g/mol. The van der Waals surface area contributed by atoms with Gasteiger partial charge in [0.25, 0.3) is 0 Å². The van der Waals surface area contributed by atoms with E-state index in [1.807, 2.05) is 0 Å². The van der Waals surface area contributed by atoms with Gasteiger partial charge in [-0.15, -0.1) is 0 Å². The second kappa shape index (κ2) is 4.71. The average Bonchev–Trinajstić information content (AvgIpc) is 3.24. The standard InChI is InChI=1S/C20H22O/c1-12-6-5-9-15(13(12)2)20(21)19-17-11-10-14-7-3-4-8-16(14)18(17)19/h3-9,17-21H,10-11H2,1-2H3. The number of fused-ring (bicyclic) bond motifs is 3. The second-order valence-corrected chi connectivity index (χ2v) is 6.74. The smallest absolute Gasteiger partial charge is 0.0829 e. The van der Waals surface area contributed by atoms with Gasteiger partial charge >= 0.3 is 0 Å². The largest absolute Gasteiger partial charge is 0.388 e. The third kappa shape index (κ3) is 1.95. The van der Waals surface area contributed by atoms with Crippen molar-refractivity contribution in [3.63, 3.8) is 0 Å². The summed E-state index contributed by atoms with van der Waals surface area (Å²) in [6.45, 7) is 4.26. The fraction of sp³-hybridized carbons (Fsp3) is 0.400. The Morgan fingerprint density at radius 2 is 1.86 bits per heavy atom. The summed E-state index contributed by atoms with van der Waals surface area (Å²) in [5, 5.41) is 10.9. The first-order valence-electron chi connectivity index (χ1n) is 8.00. The molecule has 0 spiro atoms. The molecule has 2 aromatic rings. The van der Waals surface area contributed by atoms with Gasteiger partial charge in [-0.3, -0.25) is 0 Å². The summed E-state index contributed by atoms with van der Waals surface area (Å²) < 4.78 is 0. The number of aryl methyl sites for hydroxylation is 2. The molecule has 2 aromatic carbocycles. The van der Waals surface area contributed by atoms with Crippen molar-refractivity contribution in [3.8, 4) is 0 Å². The highest BCUT2D eigenvalue weighted by Gasteiger charge is 2.56. The molecule has 4 rings (SSSR count). The van der Waals surface area contributed by atoms with Crippen molar-refractivity contribution in [2.75, 3.05) is 0 Å². The maximum Gasteiger partial charge on any atom is 0.0829 e. The lowest BCUT2D eigenvalue weighted by atomic mass is 9.92. The van der Waals surface area contributed by atoms with Gasteiger partial charge in [0.1, 0.15) is 0 Å². The Morgan fingerprint density at radius 1 is 1.05 bits per heavy atom. The van der Waals surface area contributed by atoms with Crippen LogP contribution < -0.4 is 0 Å². The molecule has 1 heteroatoms. The minimum Gasteiger partial charge on any atom is -0.388 e. The van der Waals surface area contributed by atoms with E-state index in [0.717, 1.165) is 5.56 Å². The van der Waals surface area contributed by atoms with Crippen molar-refractivity contribution in [1.82, 2.24) is 0 Å². The summed E-state index contributed by atoms with van der Waals surface area (Å²) in [6, 6.07) is 15.1. The molecule has 108 valence electrons. The Labute approximate surface area is 126 Å². The Hall–Kier alpha value is -1.60. The van der Waals surface area contributed by atoms with E-state index < -0.39 is 0 Å². The van der Waals surface area contributed by atoms with Gasteiger partial charge < -0.3 is 5.11 Å². The number of rotatable bonds is 2. The SMILES string of the molecule is Cc1cccc(C(O)C2C3CCc4ccccc4C32)c1C. The third-order valence-electron chi connectivity index (χ3n) is 5.72. The van der Waals surface area contributed by atoms with Crippen molar-refractivity contribution < 1.29 is 5.11 Å². The third-order valence-corrected chi connectivity index (χ3v) is 5.72. The van der Waals surface area contributed by atoms with E-state index in [-0.39, 0.29) is 6.10 Å². The van der Waals surface area contributed by atoms with Crippen LogP contribution in [-0.4, -0.2) is 5.11 Å². The molecule has 0 radical (unpaired) electrons. The molecule has 0 saturated heterocycles. The van der Waals surface area contributed by atoms with Crippen LogP contribution in [0, 0.1) is 25.7 Å². The highest BCUT2D eigenvalue weighted by atomic mass is 16.3. The van der Waals surface area contributed by atoms with Gasteiger partial charge in [-0.25, -0.2) is 0 Å². The highest BCUT2D eigenvalue weighted by molar-refractivity contribution is 5.42. The number of hydrogen-bond acceptors (Lipinski definition) is 1. The van der Waals surface area contributed by atoms with Crippen LogP contribution in [0.2, 0.25) is 0 Å². The summed E-state index contributed by atoms with van der Waals surface area (Å²) in [4.78, 5) is 0. The van der Waals surface area contributed by atoms with Crippen molar-refractivity contribution in [1.29, 1.82) is 0 Å². The minimum atomic E-state index is -0.314. The molecule has 1 nitrogen and oxygen atoms in total. The lowest BCUT2D eigenvalue weighted by Crippen LogP contribution is -2.05. The molecule has 2 aliphatic carbocycles.